The van der Waals surface area contributed by atoms with Crippen LogP contribution in [0.25, 0.3) is 6.08 Å². The largest absolute Gasteiger partial charge is 0.490 e. The third-order valence-corrected chi connectivity index (χ3v) is 6.79. The van der Waals surface area contributed by atoms with Gasteiger partial charge in [-0.2, -0.15) is 0 Å². The van der Waals surface area contributed by atoms with Crippen LogP contribution >= 0.6 is 22.6 Å². The maximum Gasteiger partial charge on any atom is 0.331 e. The van der Waals surface area contributed by atoms with Gasteiger partial charge >= 0.3 is 6.03 Å². The summed E-state index contributed by atoms with van der Waals surface area (Å²) < 4.78 is 25.9. The summed E-state index contributed by atoms with van der Waals surface area (Å²) in [6.45, 7) is 2.35. The maximum absolute atomic E-state index is 13.5. The van der Waals surface area contributed by atoms with Gasteiger partial charge in [-0.3, -0.25) is 19.8 Å². The van der Waals surface area contributed by atoms with Gasteiger partial charge in [0.1, 0.15) is 18.0 Å². The predicted octanol–water partition coefficient (Wildman–Crippen LogP) is 5.20. The zero-order valence-corrected chi connectivity index (χ0v) is 21.5. The van der Waals surface area contributed by atoms with E-state index >= 15 is 0 Å². The normalized spacial score (nSPS) is 18.1. The van der Waals surface area contributed by atoms with E-state index in [4.69, 9.17) is 9.47 Å². The number of urea groups is 1. The molecule has 0 radical (unpaired) electrons. The van der Waals surface area contributed by atoms with E-state index in [1.54, 1.807) is 24.3 Å². The number of hydrogen-bond acceptors (Lipinski definition) is 5. The number of ether oxygens (including phenoxy) is 2. The van der Waals surface area contributed by atoms with Crippen molar-refractivity contribution in [3.63, 3.8) is 0 Å². The Morgan fingerprint density at radius 1 is 1.11 bits per heavy atom. The van der Waals surface area contributed by atoms with E-state index in [1.807, 2.05) is 6.92 Å². The van der Waals surface area contributed by atoms with Crippen molar-refractivity contribution < 1.29 is 28.2 Å². The van der Waals surface area contributed by atoms with Crippen LogP contribution in [0.15, 0.2) is 42.0 Å². The second-order valence-electron chi connectivity index (χ2n) is 8.47. The van der Waals surface area contributed by atoms with Crippen molar-refractivity contribution >= 4 is 46.5 Å². The number of carbonyl (C=O) groups is 3. The number of amides is 4. The molecule has 0 aromatic heterocycles. The third kappa shape index (κ3) is 5.83. The van der Waals surface area contributed by atoms with E-state index in [0.717, 1.165) is 32.1 Å². The highest BCUT2D eigenvalue weighted by atomic mass is 127. The van der Waals surface area contributed by atoms with E-state index in [2.05, 4.69) is 27.9 Å². The minimum atomic E-state index is -0.716. The number of hydrogen-bond donors (Lipinski definition) is 1. The molecule has 2 aromatic rings. The molecule has 1 aliphatic heterocycles. The molecule has 184 valence electrons. The fourth-order valence-corrected chi connectivity index (χ4v) is 5.15. The summed E-state index contributed by atoms with van der Waals surface area (Å²) in [6.07, 6.45) is 5.92. The second-order valence-corrected chi connectivity index (χ2v) is 9.63. The predicted molar refractivity (Wildman–Crippen MR) is 136 cm³/mol. The molecule has 1 heterocycles. The lowest BCUT2D eigenvalue weighted by Crippen LogP contribution is -2.58. The lowest BCUT2D eigenvalue weighted by atomic mass is 9.93. The van der Waals surface area contributed by atoms with Crippen molar-refractivity contribution in [2.45, 2.75) is 51.7 Å². The molecule has 0 bridgehead atoms. The molecule has 2 fully saturated rings. The minimum Gasteiger partial charge on any atom is -0.490 e. The van der Waals surface area contributed by atoms with Crippen molar-refractivity contribution in [2.75, 3.05) is 6.61 Å². The summed E-state index contributed by atoms with van der Waals surface area (Å²) in [5.41, 5.74) is 1.14. The highest BCUT2D eigenvalue weighted by Gasteiger charge is 2.40. The van der Waals surface area contributed by atoms with Crippen molar-refractivity contribution in [1.29, 1.82) is 0 Å². The Hall–Kier alpha value is -2.95. The first-order chi connectivity index (χ1) is 16.9. The van der Waals surface area contributed by atoms with Crippen molar-refractivity contribution in [1.82, 2.24) is 10.2 Å². The molecule has 4 amide bonds. The fraction of sp³-hybridized carbons (Fsp3) is 0.346. The van der Waals surface area contributed by atoms with Gasteiger partial charge in [0.05, 0.1) is 10.2 Å². The average Bonchev–Trinajstić information content (AvgIpc) is 2.82. The zero-order valence-electron chi connectivity index (χ0n) is 19.3. The summed E-state index contributed by atoms with van der Waals surface area (Å²) in [7, 11) is 0. The molecule has 1 saturated heterocycles. The Bertz CT molecular complexity index is 1180. The van der Waals surface area contributed by atoms with Crippen LogP contribution in [0, 0.1) is 9.39 Å². The van der Waals surface area contributed by atoms with E-state index in [-0.39, 0.29) is 24.0 Å². The molecular weight excluding hydrogens is 566 g/mol. The Balaban J connectivity index is 1.62. The number of rotatable bonds is 7. The summed E-state index contributed by atoms with van der Waals surface area (Å²) >= 11 is 2.09. The second kappa shape index (κ2) is 11.2. The van der Waals surface area contributed by atoms with Crippen LogP contribution in [0.4, 0.5) is 9.18 Å². The van der Waals surface area contributed by atoms with Gasteiger partial charge in [0, 0.05) is 6.04 Å². The van der Waals surface area contributed by atoms with Crippen LogP contribution in [0.1, 0.15) is 50.2 Å². The smallest absolute Gasteiger partial charge is 0.331 e. The van der Waals surface area contributed by atoms with E-state index < -0.39 is 17.8 Å². The number of barbiturate groups is 1. The Kier molecular flexibility index (Phi) is 8.04. The van der Waals surface area contributed by atoms with Gasteiger partial charge in [0.25, 0.3) is 11.8 Å². The zero-order chi connectivity index (χ0) is 24.9. The van der Waals surface area contributed by atoms with Gasteiger partial charge < -0.3 is 9.47 Å². The van der Waals surface area contributed by atoms with Gasteiger partial charge in [-0.15, -0.1) is 0 Å². The number of carbonyl (C=O) groups excluding carboxylic acids is 3. The summed E-state index contributed by atoms with van der Waals surface area (Å²) in [4.78, 5) is 39.4. The molecule has 1 N–H and O–H groups in total. The quantitative estimate of drug-likeness (QED) is 0.272. The van der Waals surface area contributed by atoms with Crippen molar-refractivity contribution in [3.05, 3.63) is 62.5 Å². The third-order valence-electron chi connectivity index (χ3n) is 5.99. The molecule has 0 atom stereocenters. The van der Waals surface area contributed by atoms with Gasteiger partial charge in [-0.1, -0.05) is 31.4 Å². The van der Waals surface area contributed by atoms with Crippen molar-refractivity contribution in [3.8, 4) is 11.5 Å². The first kappa shape index (κ1) is 25.2. The molecule has 7 nitrogen and oxygen atoms in total. The first-order valence-electron chi connectivity index (χ1n) is 11.6. The molecule has 2 aromatic carbocycles. The Morgan fingerprint density at radius 2 is 1.89 bits per heavy atom. The van der Waals surface area contributed by atoms with Crippen molar-refractivity contribution in [2.24, 2.45) is 0 Å². The number of imide groups is 2. The van der Waals surface area contributed by atoms with Gasteiger partial charge in [-0.25, -0.2) is 9.18 Å². The summed E-state index contributed by atoms with van der Waals surface area (Å²) in [6, 6.07) is 8.74. The van der Waals surface area contributed by atoms with E-state index in [1.165, 1.54) is 23.1 Å². The number of nitrogens with zero attached hydrogens (tertiary/aromatic N) is 1. The van der Waals surface area contributed by atoms with Crippen LogP contribution < -0.4 is 14.8 Å². The van der Waals surface area contributed by atoms with E-state index in [9.17, 15) is 18.8 Å². The SMILES string of the molecule is CCOc1cc(C=C2C(=O)NC(=O)N(C3CCCCC3)C2=O)cc(I)c1OCc1cccc(F)c1. The lowest BCUT2D eigenvalue weighted by molar-refractivity contribution is -0.132. The standard InChI is InChI=1S/C26H26FIN2O5/c1-2-34-22-14-17(13-21(28)23(22)35-15-16-7-6-8-18(27)11-16)12-20-24(31)29-26(33)30(25(20)32)19-9-4-3-5-10-19/h6-8,11-14,19H,2-5,9-10,15H2,1H3,(H,29,31,33). The number of halogens is 2. The van der Waals surface area contributed by atoms with Crippen LogP contribution in [0.3, 0.4) is 0 Å². The molecular formula is C26H26FIN2O5. The molecule has 1 saturated carbocycles. The molecule has 9 heteroatoms. The minimum absolute atomic E-state index is 0.0955. The monoisotopic (exact) mass is 592 g/mol. The molecule has 2 aliphatic rings. The molecule has 4 rings (SSSR count). The van der Waals surface area contributed by atoms with Crippen LogP contribution in [-0.4, -0.2) is 35.4 Å². The van der Waals surface area contributed by atoms with Gasteiger partial charge in [0.15, 0.2) is 11.5 Å². The fourth-order valence-electron chi connectivity index (χ4n) is 4.37. The van der Waals surface area contributed by atoms with Crippen LogP contribution in [0.5, 0.6) is 11.5 Å². The van der Waals surface area contributed by atoms with Crippen LogP contribution in [-0.2, 0) is 16.2 Å². The van der Waals surface area contributed by atoms with Gasteiger partial charge in [0.2, 0.25) is 0 Å². The molecule has 35 heavy (non-hydrogen) atoms. The number of benzene rings is 2. The highest BCUT2D eigenvalue weighted by molar-refractivity contribution is 14.1. The topological polar surface area (TPSA) is 84.9 Å². The Labute approximate surface area is 216 Å². The lowest BCUT2D eigenvalue weighted by Gasteiger charge is -2.35. The summed E-state index contributed by atoms with van der Waals surface area (Å²) in [5.74, 6) is -0.718. The van der Waals surface area contributed by atoms with Gasteiger partial charge in [-0.05, 0) is 83.8 Å². The first-order valence-corrected chi connectivity index (χ1v) is 12.7. The Morgan fingerprint density at radius 3 is 2.60 bits per heavy atom. The molecule has 1 aliphatic carbocycles. The molecule has 0 unspecified atom stereocenters. The van der Waals surface area contributed by atoms with E-state index in [0.29, 0.717) is 32.8 Å². The average molecular weight is 592 g/mol. The number of nitrogens with one attached hydrogen (secondary N) is 1. The maximum atomic E-state index is 13.5. The highest BCUT2D eigenvalue weighted by Crippen LogP contribution is 2.36. The van der Waals surface area contributed by atoms with Crippen LogP contribution in [0.2, 0.25) is 0 Å². The summed E-state index contributed by atoms with van der Waals surface area (Å²) in [5, 5.41) is 2.31. The molecule has 0 spiro atoms.